The molecular weight excluding hydrogens is 260 g/mol. The number of carbonyl (C=O) groups excluding carboxylic acids is 1. The summed E-state index contributed by atoms with van der Waals surface area (Å²) in [5.74, 6) is -0.149. The Kier molecular flexibility index (Phi) is 2.57. The predicted molar refractivity (Wildman–Crippen MR) is 85.2 cm³/mol. The quantitative estimate of drug-likeness (QED) is 0.717. The zero-order valence-corrected chi connectivity index (χ0v) is 11.2. The van der Waals surface area contributed by atoms with Crippen LogP contribution in [0.1, 0.15) is 5.56 Å². The molecule has 1 aliphatic heterocycles. The number of fused-ring (bicyclic) bond motifs is 2. The van der Waals surface area contributed by atoms with Crippen molar-refractivity contribution >= 4 is 33.8 Å². The largest absolute Gasteiger partial charge is 0.320 e. The Bertz CT molecular complexity index is 891. The van der Waals surface area contributed by atoms with Crippen LogP contribution in [0.2, 0.25) is 0 Å². The van der Waals surface area contributed by atoms with E-state index in [0.29, 0.717) is 5.71 Å². The summed E-state index contributed by atoms with van der Waals surface area (Å²) in [4.78, 5) is 16.7. The highest BCUT2D eigenvalue weighted by atomic mass is 16.2. The van der Waals surface area contributed by atoms with E-state index < -0.39 is 0 Å². The van der Waals surface area contributed by atoms with E-state index in [-0.39, 0.29) is 5.91 Å². The second-order valence-corrected chi connectivity index (χ2v) is 4.96. The maximum atomic E-state index is 12.1. The summed E-state index contributed by atoms with van der Waals surface area (Å²) < 4.78 is 0. The van der Waals surface area contributed by atoms with Gasteiger partial charge in [-0.2, -0.15) is 0 Å². The highest BCUT2D eigenvalue weighted by Gasteiger charge is 2.25. The van der Waals surface area contributed by atoms with Crippen molar-refractivity contribution in [1.82, 2.24) is 0 Å². The molecule has 0 saturated heterocycles. The highest BCUT2D eigenvalue weighted by Crippen LogP contribution is 2.29. The number of hydrogen-bond acceptors (Lipinski definition) is 2. The van der Waals surface area contributed by atoms with Crippen LogP contribution in [0.3, 0.4) is 0 Å². The molecule has 1 aliphatic rings. The standard InChI is InChI=1S/C18H12N2O/c21-18-17(14-9-3-4-10-16(14)20-18)19-15-11-5-7-12-6-1-2-8-13(12)15/h1-11H,(H,19,20,21). The van der Waals surface area contributed by atoms with Crippen molar-refractivity contribution in [1.29, 1.82) is 0 Å². The zero-order chi connectivity index (χ0) is 14.2. The average Bonchev–Trinajstić information content (AvgIpc) is 2.84. The van der Waals surface area contributed by atoms with Gasteiger partial charge >= 0.3 is 0 Å². The fraction of sp³-hybridized carbons (Fsp3) is 0. The normalized spacial score (nSPS) is 15.2. The van der Waals surface area contributed by atoms with Crippen LogP contribution in [0.15, 0.2) is 71.7 Å². The van der Waals surface area contributed by atoms with Crippen LogP contribution in [0.25, 0.3) is 10.8 Å². The zero-order valence-electron chi connectivity index (χ0n) is 11.2. The van der Waals surface area contributed by atoms with Gasteiger partial charge in [0, 0.05) is 10.9 Å². The Labute approximate surface area is 122 Å². The Hall–Kier alpha value is -2.94. The molecular formula is C18H12N2O. The van der Waals surface area contributed by atoms with E-state index in [0.717, 1.165) is 27.7 Å². The number of nitrogens with zero attached hydrogens (tertiary/aromatic N) is 1. The summed E-state index contributed by atoms with van der Waals surface area (Å²) in [6.45, 7) is 0. The van der Waals surface area contributed by atoms with Gasteiger partial charge in [0.1, 0.15) is 5.71 Å². The number of hydrogen-bond donors (Lipinski definition) is 1. The van der Waals surface area contributed by atoms with E-state index in [1.807, 2.05) is 66.7 Å². The van der Waals surface area contributed by atoms with Crippen LogP contribution in [-0.4, -0.2) is 11.6 Å². The number of rotatable bonds is 1. The molecule has 1 N–H and O–H groups in total. The van der Waals surface area contributed by atoms with Crippen molar-refractivity contribution in [2.75, 3.05) is 5.32 Å². The Morgan fingerprint density at radius 1 is 0.810 bits per heavy atom. The molecule has 3 heteroatoms. The minimum atomic E-state index is -0.149. The van der Waals surface area contributed by atoms with E-state index in [9.17, 15) is 4.79 Å². The summed E-state index contributed by atoms with van der Waals surface area (Å²) in [6, 6.07) is 21.6. The summed E-state index contributed by atoms with van der Waals surface area (Å²) in [5.41, 5.74) is 2.97. The van der Waals surface area contributed by atoms with Crippen molar-refractivity contribution in [2.24, 2.45) is 4.99 Å². The van der Waals surface area contributed by atoms with Gasteiger partial charge in [-0.25, -0.2) is 4.99 Å². The van der Waals surface area contributed by atoms with Gasteiger partial charge in [0.2, 0.25) is 0 Å². The molecule has 0 atom stereocenters. The molecule has 1 heterocycles. The summed E-state index contributed by atoms with van der Waals surface area (Å²) in [5, 5.41) is 5.01. The molecule has 0 spiro atoms. The van der Waals surface area contributed by atoms with Crippen LogP contribution in [-0.2, 0) is 4.79 Å². The van der Waals surface area contributed by atoms with Crippen molar-refractivity contribution < 1.29 is 4.79 Å². The van der Waals surface area contributed by atoms with Gasteiger partial charge in [0.25, 0.3) is 5.91 Å². The van der Waals surface area contributed by atoms with Gasteiger partial charge in [-0.15, -0.1) is 0 Å². The first-order valence-electron chi connectivity index (χ1n) is 6.80. The minimum absolute atomic E-state index is 0.149. The topological polar surface area (TPSA) is 41.5 Å². The van der Waals surface area contributed by atoms with Crippen LogP contribution in [0.4, 0.5) is 11.4 Å². The number of nitrogens with one attached hydrogen (secondary N) is 1. The van der Waals surface area contributed by atoms with Crippen molar-refractivity contribution in [3.8, 4) is 0 Å². The summed E-state index contributed by atoms with van der Waals surface area (Å²) in [6.07, 6.45) is 0. The van der Waals surface area contributed by atoms with Gasteiger partial charge in [-0.3, -0.25) is 4.79 Å². The lowest BCUT2D eigenvalue weighted by atomic mass is 10.1. The summed E-state index contributed by atoms with van der Waals surface area (Å²) in [7, 11) is 0. The van der Waals surface area contributed by atoms with Crippen LogP contribution >= 0.6 is 0 Å². The van der Waals surface area contributed by atoms with Gasteiger partial charge in [0.15, 0.2) is 0 Å². The Balaban J connectivity index is 1.93. The molecule has 3 nitrogen and oxygen atoms in total. The first-order chi connectivity index (χ1) is 10.3. The number of para-hydroxylation sites is 1. The highest BCUT2D eigenvalue weighted by molar-refractivity contribution is 6.54. The predicted octanol–water partition coefficient (Wildman–Crippen LogP) is 3.91. The second kappa shape index (κ2) is 4.56. The van der Waals surface area contributed by atoms with Crippen molar-refractivity contribution in [3.63, 3.8) is 0 Å². The molecule has 1 amide bonds. The molecule has 4 rings (SSSR count). The third kappa shape index (κ3) is 1.91. The maximum Gasteiger partial charge on any atom is 0.275 e. The number of benzene rings is 3. The molecule has 21 heavy (non-hydrogen) atoms. The fourth-order valence-electron chi connectivity index (χ4n) is 2.64. The first kappa shape index (κ1) is 11.9. The number of amides is 1. The van der Waals surface area contributed by atoms with Crippen LogP contribution < -0.4 is 5.32 Å². The molecule has 0 radical (unpaired) electrons. The average molecular weight is 272 g/mol. The van der Waals surface area contributed by atoms with Crippen molar-refractivity contribution in [3.05, 3.63) is 72.3 Å². The second-order valence-electron chi connectivity index (χ2n) is 4.96. The molecule has 0 saturated carbocycles. The third-order valence-electron chi connectivity index (χ3n) is 3.64. The number of anilines is 1. The molecule has 0 unspecified atom stereocenters. The molecule has 0 aromatic heterocycles. The summed E-state index contributed by atoms with van der Waals surface area (Å²) >= 11 is 0. The van der Waals surface area contributed by atoms with E-state index >= 15 is 0 Å². The molecule has 3 aromatic carbocycles. The lowest BCUT2D eigenvalue weighted by molar-refractivity contribution is -0.110. The molecule has 3 aromatic rings. The maximum absolute atomic E-state index is 12.1. The van der Waals surface area contributed by atoms with Gasteiger partial charge < -0.3 is 5.32 Å². The Morgan fingerprint density at radius 2 is 1.57 bits per heavy atom. The third-order valence-corrected chi connectivity index (χ3v) is 3.64. The monoisotopic (exact) mass is 272 g/mol. The number of carbonyl (C=O) groups is 1. The lowest BCUT2D eigenvalue weighted by Gasteiger charge is -2.03. The number of aliphatic imine (C=N–C) groups is 1. The first-order valence-corrected chi connectivity index (χ1v) is 6.80. The van der Waals surface area contributed by atoms with Gasteiger partial charge in [0.05, 0.1) is 11.4 Å². The Morgan fingerprint density at radius 3 is 2.52 bits per heavy atom. The SMILES string of the molecule is O=C1Nc2ccccc2C1=Nc1cccc2ccccc12. The van der Waals surface area contributed by atoms with Crippen molar-refractivity contribution in [2.45, 2.75) is 0 Å². The molecule has 100 valence electrons. The van der Waals surface area contributed by atoms with Gasteiger partial charge in [-0.1, -0.05) is 54.6 Å². The van der Waals surface area contributed by atoms with Gasteiger partial charge in [-0.05, 0) is 17.5 Å². The smallest absolute Gasteiger partial charge is 0.275 e. The lowest BCUT2D eigenvalue weighted by Crippen LogP contribution is -2.13. The van der Waals surface area contributed by atoms with E-state index in [1.54, 1.807) is 0 Å². The van der Waals surface area contributed by atoms with E-state index in [4.69, 9.17) is 0 Å². The van der Waals surface area contributed by atoms with Crippen LogP contribution in [0.5, 0.6) is 0 Å². The van der Waals surface area contributed by atoms with E-state index in [2.05, 4.69) is 10.3 Å². The molecule has 0 bridgehead atoms. The fourth-order valence-corrected chi connectivity index (χ4v) is 2.64. The van der Waals surface area contributed by atoms with E-state index in [1.165, 1.54) is 0 Å². The molecule has 0 aliphatic carbocycles. The minimum Gasteiger partial charge on any atom is -0.320 e. The molecule has 0 fully saturated rings. The van der Waals surface area contributed by atoms with Crippen LogP contribution in [0, 0.1) is 0 Å².